The van der Waals surface area contributed by atoms with Crippen molar-refractivity contribution in [3.63, 3.8) is 0 Å². The van der Waals surface area contributed by atoms with Crippen LogP contribution in [0.2, 0.25) is 0 Å². The van der Waals surface area contributed by atoms with E-state index in [0.717, 1.165) is 29.4 Å². The van der Waals surface area contributed by atoms with Gasteiger partial charge in [-0.3, -0.25) is 0 Å². The van der Waals surface area contributed by atoms with E-state index in [-0.39, 0.29) is 0 Å². The molecule has 90 valence electrons. The minimum absolute atomic E-state index is 0.726. The number of nitrogen functional groups attached to an aromatic ring is 1. The Balaban J connectivity index is 2.34. The summed E-state index contributed by atoms with van der Waals surface area (Å²) in [6.45, 7) is 3.35. The second-order valence-corrected chi connectivity index (χ2v) is 5.40. The highest BCUT2D eigenvalue weighted by Gasteiger charge is 2.05. The summed E-state index contributed by atoms with van der Waals surface area (Å²) >= 11 is 1.61. The van der Waals surface area contributed by atoms with E-state index in [4.69, 9.17) is 11.1 Å². The molecular weight excluding hydrogens is 218 g/mol. The third kappa shape index (κ3) is 3.94. The maximum atomic E-state index is 7.19. The van der Waals surface area contributed by atoms with Gasteiger partial charge in [-0.05, 0) is 44.8 Å². The molecule has 0 aliphatic heterocycles. The molecule has 3 nitrogen and oxygen atoms in total. The number of rotatable bonds is 7. The molecule has 0 radical (unpaired) electrons. The van der Waals surface area contributed by atoms with Crippen LogP contribution in [0.5, 0.6) is 0 Å². The molecule has 0 bridgehead atoms. The van der Waals surface area contributed by atoms with Gasteiger partial charge < -0.3 is 16.5 Å². The highest BCUT2D eigenvalue weighted by atomic mass is 32.1. The lowest BCUT2D eigenvalue weighted by Crippen LogP contribution is -2.16. The van der Waals surface area contributed by atoms with Crippen LogP contribution >= 0.6 is 11.3 Å². The fourth-order valence-corrected chi connectivity index (χ4v) is 2.74. The van der Waals surface area contributed by atoms with Crippen LogP contribution in [0.3, 0.4) is 0 Å². The number of hydrogen-bond acceptors (Lipinski definition) is 4. The molecule has 1 heterocycles. The van der Waals surface area contributed by atoms with Crippen LogP contribution in [0.25, 0.3) is 0 Å². The molecule has 16 heavy (non-hydrogen) atoms. The third-order valence-electron chi connectivity index (χ3n) is 2.67. The van der Waals surface area contributed by atoms with Crippen LogP contribution < -0.4 is 11.1 Å². The maximum absolute atomic E-state index is 7.19. The van der Waals surface area contributed by atoms with Crippen molar-refractivity contribution in [2.75, 3.05) is 19.3 Å². The van der Waals surface area contributed by atoms with E-state index in [0.29, 0.717) is 0 Å². The molecule has 0 saturated heterocycles. The predicted molar refractivity (Wildman–Crippen MR) is 72.6 cm³/mol. The topological polar surface area (TPSA) is 61.9 Å². The van der Waals surface area contributed by atoms with Crippen molar-refractivity contribution in [2.24, 2.45) is 5.92 Å². The number of thiophene rings is 1. The molecule has 1 rings (SSSR count). The summed E-state index contributed by atoms with van der Waals surface area (Å²) < 4.78 is 0. The van der Waals surface area contributed by atoms with Crippen molar-refractivity contribution < 1.29 is 0 Å². The zero-order chi connectivity index (χ0) is 12.0. The summed E-state index contributed by atoms with van der Waals surface area (Å²) in [5.74, 6) is 0.726. The van der Waals surface area contributed by atoms with Gasteiger partial charge in [0.15, 0.2) is 0 Å². The first-order valence-electron chi connectivity index (χ1n) is 5.70. The third-order valence-corrected chi connectivity index (χ3v) is 3.71. The van der Waals surface area contributed by atoms with Crippen LogP contribution in [-0.4, -0.2) is 19.8 Å². The smallest absolute Gasteiger partial charge is 0.0948 e. The molecule has 1 atom stereocenters. The van der Waals surface area contributed by atoms with Gasteiger partial charge in [0.2, 0.25) is 0 Å². The van der Waals surface area contributed by atoms with Crippen LogP contribution in [0, 0.1) is 11.3 Å². The summed E-state index contributed by atoms with van der Waals surface area (Å²) in [5.41, 5.74) is 6.65. The van der Waals surface area contributed by atoms with Gasteiger partial charge in [0, 0.05) is 16.7 Å². The first-order chi connectivity index (χ1) is 7.67. The quantitative estimate of drug-likeness (QED) is 0.640. The van der Waals surface area contributed by atoms with E-state index in [1.807, 2.05) is 13.1 Å². The minimum atomic E-state index is 0.726. The maximum Gasteiger partial charge on any atom is 0.0948 e. The SMILES string of the molecule is CNCC(C)CCCc1cc(C=N)c(N)s1. The van der Waals surface area contributed by atoms with Gasteiger partial charge in [0.25, 0.3) is 0 Å². The molecule has 0 aromatic carbocycles. The van der Waals surface area contributed by atoms with Gasteiger partial charge in [0.05, 0.1) is 5.00 Å². The molecule has 0 aliphatic rings. The van der Waals surface area contributed by atoms with Crippen molar-refractivity contribution in [1.29, 1.82) is 5.41 Å². The van der Waals surface area contributed by atoms with Gasteiger partial charge in [0.1, 0.15) is 0 Å². The molecule has 0 saturated carbocycles. The summed E-state index contributed by atoms with van der Waals surface area (Å²) in [4.78, 5) is 1.30. The summed E-state index contributed by atoms with van der Waals surface area (Å²) in [6, 6.07) is 2.04. The van der Waals surface area contributed by atoms with E-state index in [1.165, 1.54) is 23.9 Å². The molecule has 0 amide bonds. The van der Waals surface area contributed by atoms with Crippen molar-refractivity contribution in [3.8, 4) is 0 Å². The lowest BCUT2D eigenvalue weighted by atomic mass is 10.0. The van der Waals surface area contributed by atoms with Crippen molar-refractivity contribution in [2.45, 2.75) is 26.2 Å². The summed E-state index contributed by atoms with van der Waals surface area (Å²) in [6.07, 6.45) is 4.84. The lowest BCUT2D eigenvalue weighted by Gasteiger charge is -2.09. The van der Waals surface area contributed by atoms with E-state index in [1.54, 1.807) is 11.3 Å². The van der Waals surface area contributed by atoms with Gasteiger partial charge in [-0.1, -0.05) is 6.92 Å². The second-order valence-electron chi connectivity index (χ2n) is 4.23. The van der Waals surface area contributed by atoms with Crippen LogP contribution in [-0.2, 0) is 6.42 Å². The Morgan fingerprint density at radius 3 is 2.94 bits per heavy atom. The average Bonchev–Trinajstić information content (AvgIpc) is 2.59. The van der Waals surface area contributed by atoms with E-state index in [9.17, 15) is 0 Å². The Hall–Kier alpha value is -0.870. The van der Waals surface area contributed by atoms with Gasteiger partial charge >= 0.3 is 0 Å². The Morgan fingerprint density at radius 1 is 1.62 bits per heavy atom. The molecule has 4 N–H and O–H groups in total. The average molecular weight is 239 g/mol. The fourth-order valence-electron chi connectivity index (χ4n) is 1.79. The number of nitrogens with two attached hydrogens (primary N) is 1. The van der Waals surface area contributed by atoms with Crippen LogP contribution in [0.1, 0.15) is 30.2 Å². The normalized spacial score (nSPS) is 12.6. The monoisotopic (exact) mass is 239 g/mol. The Labute approximate surface area is 102 Å². The largest absolute Gasteiger partial charge is 0.390 e. The van der Waals surface area contributed by atoms with E-state index >= 15 is 0 Å². The molecule has 0 aliphatic carbocycles. The van der Waals surface area contributed by atoms with Gasteiger partial charge in [-0.25, -0.2) is 0 Å². The van der Waals surface area contributed by atoms with Gasteiger partial charge in [-0.15, -0.1) is 11.3 Å². The van der Waals surface area contributed by atoms with Crippen molar-refractivity contribution in [1.82, 2.24) is 5.32 Å². The molecular formula is C12H21N3S. The number of hydrogen-bond donors (Lipinski definition) is 3. The number of nitrogens with one attached hydrogen (secondary N) is 2. The number of aryl methyl sites for hydroxylation is 1. The minimum Gasteiger partial charge on any atom is -0.390 e. The van der Waals surface area contributed by atoms with Crippen LogP contribution in [0.4, 0.5) is 5.00 Å². The fraction of sp³-hybridized carbons (Fsp3) is 0.583. The molecule has 4 heteroatoms. The van der Waals surface area contributed by atoms with E-state index < -0.39 is 0 Å². The standard InChI is InChI=1S/C12H21N3S/c1-9(8-15-2)4-3-5-11-6-10(7-13)12(14)16-11/h6-7,9,13,15H,3-5,8,14H2,1-2H3. The molecule has 0 spiro atoms. The molecule has 1 unspecified atom stereocenters. The highest BCUT2D eigenvalue weighted by molar-refractivity contribution is 7.16. The first kappa shape index (κ1) is 13.2. The van der Waals surface area contributed by atoms with Gasteiger partial charge in [-0.2, -0.15) is 0 Å². The highest BCUT2D eigenvalue weighted by Crippen LogP contribution is 2.25. The van der Waals surface area contributed by atoms with Crippen molar-refractivity contribution >= 4 is 22.6 Å². The number of anilines is 1. The second kappa shape index (κ2) is 6.66. The Bertz CT molecular complexity index is 333. The Kier molecular flexibility index (Phi) is 5.49. The molecule has 0 fully saturated rings. The summed E-state index contributed by atoms with van der Waals surface area (Å²) in [5, 5.41) is 11.2. The molecule has 1 aromatic rings. The van der Waals surface area contributed by atoms with Crippen LogP contribution in [0.15, 0.2) is 6.07 Å². The Morgan fingerprint density at radius 2 is 2.38 bits per heavy atom. The zero-order valence-electron chi connectivity index (χ0n) is 10.0. The molecule has 1 aromatic heterocycles. The predicted octanol–water partition coefficient (Wildman–Crippen LogP) is 2.51. The lowest BCUT2D eigenvalue weighted by molar-refractivity contribution is 0.487. The summed E-state index contributed by atoms with van der Waals surface area (Å²) in [7, 11) is 1.99. The van der Waals surface area contributed by atoms with Crippen molar-refractivity contribution in [3.05, 3.63) is 16.5 Å². The zero-order valence-corrected chi connectivity index (χ0v) is 10.9. The first-order valence-corrected chi connectivity index (χ1v) is 6.52. The van der Waals surface area contributed by atoms with E-state index in [2.05, 4.69) is 12.2 Å².